The van der Waals surface area contributed by atoms with Crippen molar-refractivity contribution in [3.05, 3.63) is 65.2 Å². The molecule has 0 radical (unpaired) electrons. The highest BCUT2D eigenvalue weighted by atomic mass is 16.2. The quantitative estimate of drug-likeness (QED) is 0.850. The lowest BCUT2D eigenvalue weighted by molar-refractivity contribution is 0.0791. The van der Waals surface area contributed by atoms with Crippen LogP contribution < -0.4 is 4.90 Å². The highest BCUT2D eigenvalue weighted by Crippen LogP contribution is 2.31. The van der Waals surface area contributed by atoms with E-state index >= 15 is 0 Å². The zero-order valence-corrected chi connectivity index (χ0v) is 13.5. The monoisotopic (exact) mass is 306 g/mol. The Morgan fingerprint density at radius 2 is 1.91 bits per heavy atom. The maximum absolute atomic E-state index is 12.8. The van der Waals surface area contributed by atoms with E-state index in [0.29, 0.717) is 5.92 Å². The molecule has 0 N–H and O–H groups in total. The molecule has 23 heavy (non-hydrogen) atoms. The zero-order chi connectivity index (χ0) is 15.8. The molecular weight excluding hydrogens is 284 g/mol. The molecule has 1 fully saturated rings. The van der Waals surface area contributed by atoms with Crippen LogP contribution in [0.25, 0.3) is 0 Å². The fourth-order valence-electron chi connectivity index (χ4n) is 3.80. The van der Waals surface area contributed by atoms with Gasteiger partial charge in [-0.3, -0.25) is 4.79 Å². The lowest BCUT2D eigenvalue weighted by Crippen LogP contribution is -2.28. The first-order chi connectivity index (χ1) is 11.2. The Bertz CT molecular complexity index is 726. The zero-order valence-electron chi connectivity index (χ0n) is 13.5. The second-order valence-electron chi connectivity index (χ2n) is 6.66. The van der Waals surface area contributed by atoms with Crippen molar-refractivity contribution < 1.29 is 4.79 Å². The Morgan fingerprint density at radius 1 is 1.09 bits per heavy atom. The fraction of sp³-hybridized carbons (Fsp3) is 0.350. The van der Waals surface area contributed by atoms with E-state index < -0.39 is 0 Å². The second kappa shape index (κ2) is 5.73. The second-order valence-corrected chi connectivity index (χ2v) is 6.66. The van der Waals surface area contributed by atoms with Gasteiger partial charge in [-0.25, -0.2) is 0 Å². The summed E-state index contributed by atoms with van der Waals surface area (Å²) in [6.45, 7) is 2.73. The molecule has 3 heteroatoms. The van der Waals surface area contributed by atoms with Crippen LogP contribution in [0.5, 0.6) is 0 Å². The summed E-state index contributed by atoms with van der Waals surface area (Å²) < 4.78 is 0. The minimum atomic E-state index is 0.173. The number of hydrogen-bond donors (Lipinski definition) is 0. The Labute approximate surface area is 137 Å². The summed E-state index contributed by atoms with van der Waals surface area (Å²) >= 11 is 0. The molecule has 2 aromatic carbocycles. The molecule has 118 valence electrons. The van der Waals surface area contributed by atoms with Crippen LogP contribution in [0.2, 0.25) is 0 Å². The predicted octanol–water partition coefficient (Wildman–Crippen LogP) is 3.31. The van der Waals surface area contributed by atoms with Gasteiger partial charge in [0.2, 0.25) is 0 Å². The van der Waals surface area contributed by atoms with Crippen LogP contribution in [0, 0.1) is 0 Å². The third kappa shape index (κ3) is 2.61. The predicted molar refractivity (Wildman–Crippen MR) is 93.1 cm³/mol. The lowest BCUT2D eigenvalue weighted by atomic mass is 9.99. The molecular formula is C20H22N2O. The number of carbonyl (C=O) groups excluding carboxylic acids is 1. The number of likely N-dealkylation sites (tertiary alicyclic amines) is 1. The number of likely N-dealkylation sites (N-methyl/N-ethyl adjacent to an activating group) is 1. The first kappa shape index (κ1) is 14.3. The molecule has 2 aromatic rings. The van der Waals surface area contributed by atoms with Crippen LogP contribution in [0.3, 0.4) is 0 Å². The maximum Gasteiger partial charge on any atom is 0.253 e. The smallest absolute Gasteiger partial charge is 0.253 e. The molecule has 0 saturated carbocycles. The summed E-state index contributed by atoms with van der Waals surface area (Å²) in [6, 6.07) is 16.7. The van der Waals surface area contributed by atoms with E-state index in [2.05, 4.69) is 48.3 Å². The van der Waals surface area contributed by atoms with Gasteiger partial charge in [0, 0.05) is 43.9 Å². The van der Waals surface area contributed by atoms with Gasteiger partial charge in [-0.2, -0.15) is 0 Å². The Kier molecular flexibility index (Phi) is 3.56. The highest BCUT2D eigenvalue weighted by molar-refractivity contribution is 5.95. The van der Waals surface area contributed by atoms with E-state index in [1.165, 1.54) is 16.8 Å². The summed E-state index contributed by atoms with van der Waals surface area (Å²) in [5.74, 6) is 0.642. The Morgan fingerprint density at radius 3 is 2.74 bits per heavy atom. The van der Waals surface area contributed by atoms with Gasteiger partial charge < -0.3 is 9.80 Å². The highest BCUT2D eigenvalue weighted by Gasteiger charge is 2.28. The molecule has 0 aliphatic carbocycles. The summed E-state index contributed by atoms with van der Waals surface area (Å²) in [5, 5.41) is 0. The van der Waals surface area contributed by atoms with Crippen LogP contribution in [0.4, 0.5) is 5.69 Å². The van der Waals surface area contributed by atoms with E-state index in [0.717, 1.165) is 38.0 Å². The number of hydrogen-bond acceptors (Lipinski definition) is 2. The van der Waals surface area contributed by atoms with Crippen molar-refractivity contribution >= 4 is 11.6 Å². The van der Waals surface area contributed by atoms with Crippen molar-refractivity contribution in [2.24, 2.45) is 0 Å². The number of amides is 1. The van der Waals surface area contributed by atoms with Gasteiger partial charge in [-0.1, -0.05) is 36.4 Å². The first-order valence-corrected chi connectivity index (χ1v) is 8.40. The van der Waals surface area contributed by atoms with Crippen molar-refractivity contribution in [2.45, 2.75) is 18.8 Å². The molecule has 1 atom stereocenters. The summed E-state index contributed by atoms with van der Waals surface area (Å²) in [4.78, 5) is 17.1. The minimum Gasteiger partial charge on any atom is -0.374 e. The van der Waals surface area contributed by atoms with E-state index in [-0.39, 0.29) is 5.91 Å². The van der Waals surface area contributed by atoms with Crippen molar-refractivity contribution in [1.82, 2.24) is 4.90 Å². The van der Waals surface area contributed by atoms with Crippen LogP contribution in [-0.4, -0.2) is 37.5 Å². The fourth-order valence-corrected chi connectivity index (χ4v) is 3.80. The molecule has 2 aliphatic heterocycles. The third-order valence-corrected chi connectivity index (χ3v) is 5.21. The summed E-state index contributed by atoms with van der Waals surface area (Å²) in [5.41, 5.74) is 4.74. The van der Waals surface area contributed by atoms with E-state index in [9.17, 15) is 4.79 Å². The number of fused-ring (bicyclic) bond motifs is 1. The molecule has 0 spiro atoms. The molecule has 1 amide bonds. The van der Waals surface area contributed by atoms with Crippen molar-refractivity contribution in [1.29, 1.82) is 0 Å². The first-order valence-electron chi connectivity index (χ1n) is 8.40. The molecule has 2 aliphatic rings. The largest absolute Gasteiger partial charge is 0.374 e. The SMILES string of the molecule is CN1CCc2ccc(C(=O)N3CCC(c4ccccc4)C3)cc21. The number of carbonyl (C=O) groups is 1. The van der Waals surface area contributed by atoms with Crippen LogP contribution in [0.1, 0.15) is 33.8 Å². The molecule has 2 heterocycles. The minimum absolute atomic E-state index is 0.173. The standard InChI is InChI=1S/C20H22N2O/c1-21-11-9-16-7-8-17(13-19(16)21)20(23)22-12-10-18(14-22)15-5-3-2-4-6-15/h2-8,13,18H,9-12,14H2,1H3. The third-order valence-electron chi connectivity index (χ3n) is 5.21. The van der Waals surface area contributed by atoms with E-state index in [4.69, 9.17) is 0 Å². The molecule has 1 unspecified atom stereocenters. The molecule has 3 nitrogen and oxygen atoms in total. The number of rotatable bonds is 2. The topological polar surface area (TPSA) is 23.6 Å². The van der Waals surface area contributed by atoms with E-state index in [1.54, 1.807) is 0 Å². The van der Waals surface area contributed by atoms with Gasteiger partial charge in [-0.05, 0) is 36.1 Å². The van der Waals surface area contributed by atoms with Gasteiger partial charge >= 0.3 is 0 Å². The van der Waals surface area contributed by atoms with Gasteiger partial charge in [-0.15, -0.1) is 0 Å². The summed E-state index contributed by atoms with van der Waals surface area (Å²) in [7, 11) is 2.10. The summed E-state index contributed by atoms with van der Waals surface area (Å²) in [6.07, 6.45) is 2.14. The average Bonchev–Trinajstić information content (AvgIpc) is 3.22. The van der Waals surface area contributed by atoms with Crippen LogP contribution >= 0.6 is 0 Å². The average molecular weight is 306 g/mol. The van der Waals surface area contributed by atoms with Gasteiger partial charge in [0.05, 0.1) is 0 Å². The maximum atomic E-state index is 12.8. The molecule has 1 saturated heterocycles. The Balaban J connectivity index is 1.51. The number of nitrogens with zero attached hydrogens (tertiary/aromatic N) is 2. The normalized spacial score (nSPS) is 20.0. The van der Waals surface area contributed by atoms with Crippen molar-refractivity contribution in [3.63, 3.8) is 0 Å². The van der Waals surface area contributed by atoms with Gasteiger partial charge in [0.25, 0.3) is 5.91 Å². The number of benzene rings is 2. The lowest BCUT2D eigenvalue weighted by Gasteiger charge is -2.18. The van der Waals surface area contributed by atoms with Crippen LogP contribution in [0.15, 0.2) is 48.5 Å². The van der Waals surface area contributed by atoms with Crippen molar-refractivity contribution in [2.75, 3.05) is 31.6 Å². The van der Waals surface area contributed by atoms with Gasteiger partial charge in [0.15, 0.2) is 0 Å². The number of anilines is 1. The van der Waals surface area contributed by atoms with Gasteiger partial charge in [0.1, 0.15) is 0 Å². The van der Waals surface area contributed by atoms with Crippen molar-refractivity contribution in [3.8, 4) is 0 Å². The van der Waals surface area contributed by atoms with Crippen LogP contribution in [-0.2, 0) is 6.42 Å². The molecule has 4 rings (SSSR count). The molecule has 0 bridgehead atoms. The van der Waals surface area contributed by atoms with E-state index in [1.807, 2.05) is 17.0 Å². The molecule has 0 aromatic heterocycles. The Hall–Kier alpha value is -2.29.